The summed E-state index contributed by atoms with van der Waals surface area (Å²) in [4.78, 5) is 0.160. The fraction of sp³-hybridized carbons (Fsp3) is 0.308. The van der Waals surface area contributed by atoms with Crippen molar-refractivity contribution in [1.82, 2.24) is 9.88 Å². The number of sulfonamides is 1. The van der Waals surface area contributed by atoms with Crippen molar-refractivity contribution in [3.8, 4) is 0 Å². The largest absolute Gasteiger partial charge is 0.361 e. The van der Waals surface area contributed by atoms with E-state index < -0.39 is 16.1 Å². The third-order valence-electron chi connectivity index (χ3n) is 2.83. The van der Waals surface area contributed by atoms with E-state index in [1.165, 1.54) is 24.3 Å². The molecule has 0 saturated carbocycles. The molecule has 2 aromatic rings. The first-order chi connectivity index (χ1) is 9.42. The van der Waals surface area contributed by atoms with Crippen LogP contribution in [0, 0.1) is 0 Å². The number of aromatic nitrogens is 1. The number of nitrogens with one attached hydrogen (secondary N) is 1. The number of rotatable bonds is 5. The molecule has 1 aromatic heterocycles. The maximum Gasteiger partial charge on any atom is 0.241 e. The van der Waals surface area contributed by atoms with Gasteiger partial charge in [0.1, 0.15) is 11.5 Å². The zero-order valence-corrected chi connectivity index (χ0v) is 12.7. The first-order valence-corrected chi connectivity index (χ1v) is 8.02. The van der Waals surface area contributed by atoms with E-state index in [1.54, 1.807) is 13.0 Å². The average Bonchev–Trinajstić information content (AvgIpc) is 2.87. The predicted octanol–water partition coefficient (Wildman–Crippen LogP) is 2.93. The SMILES string of the molecule is CCc1cc(C(C)NS(=O)(=O)c2ccc(Cl)cc2)no1. The molecule has 5 nitrogen and oxygen atoms in total. The van der Waals surface area contributed by atoms with Crippen molar-refractivity contribution in [2.75, 3.05) is 0 Å². The Balaban J connectivity index is 2.17. The van der Waals surface area contributed by atoms with Crippen molar-refractivity contribution in [2.45, 2.75) is 31.2 Å². The Morgan fingerprint density at radius 3 is 2.55 bits per heavy atom. The Bertz CT molecular complexity index is 680. The first-order valence-electron chi connectivity index (χ1n) is 6.15. The van der Waals surface area contributed by atoms with Gasteiger partial charge in [0, 0.05) is 17.5 Å². The van der Waals surface area contributed by atoms with Gasteiger partial charge in [-0.2, -0.15) is 0 Å². The highest BCUT2D eigenvalue weighted by molar-refractivity contribution is 7.89. The van der Waals surface area contributed by atoms with E-state index >= 15 is 0 Å². The van der Waals surface area contributed by atoms with E-state index in [0.29, 0.717) is 17.1 Å². The van der Waals surface area contributed by atoms with Gasteiger partial charge in [0.2, 0.25) is 10.0 Å². The maximum atomic E-state index is 12.2. The Kier molecular flexibility index (Phi) is 4.47. The van der Waals surface area contributed by atoms with Crippen LogP contribution < -0.4 is 4.72 Å². The summed E-state index contributed by atoms with van der Waals surface area (Å²) in [5.41, 5.74) is 0.555. The Morgan fingerprint density at radius 2 is 2.00 bits per heavy atom. The van der Waals surface area contributed by atoms with Gasteiger partial charge in [0.05, 0.1) is 10.9 Å². The fourth-order valence-corrected chi connectivity index (χ4v) is 3.02. The summed E-state index contributed by atoms with van der Waals surface area (Å²) < 4.78 is 32.0. The lowest BCUT2D eigenvalue weighted by Crippen LogP contribution is -2.27. The van der Waals surface area contributed by atoms with Crippen LogP contribution in [0.5, 0.6) is 0 Å². The van der Waals surface area contributed by atoms with Crippen LogP contribution in [-0.2, 0) is 16.4 Å². The number of aryl methyl sites for hydroxylation is 1. The summed E-state index contributed by atoms with van der Waals surface area (Å²) in [7, 11) is -3.61. The van der Waals surface area contributed by atoms with Gasteiger partial charge in [-0.05, 0) is 31.2 Å². The minimum Gasteiger partial charge on any atom is -0.361 e. The molecular weight excluding hydrogens is 300 g/mol. The summed E-state index contributed by atoms with van der Waals surface area (Å²) in [5.74, 6) is 0.720. The Hall–Kier alpha value is -1.37. The number of nitrogens with zero attached hydrogens (tertiary/aromatic N) is 1. The van der Waals surface area contributed by atoms with E-state index in [-0.39, 0.29) is 4.90 Å². The van der Waals surface area contributed by atoms with Gasteiger partial charge in [-0.25, -0.2) is 13.1 Å². The molecule has 1 N–H and O–H groups in total. The van der Waals surface area contributed by atoms with Gasteiger partial charge in [-0.3, -0.25) is 0 Å². The molecule has 0 spiro atoms. The van der Waals surface area contributed by atoms with Gasteiger partial charge in [-0.1, -0.05) is 23.7 Å². The summed E-state index contributed by atoms with van der Waals surface area (Å²) in [6.45, 7) is 3.65. The Morgan fingerprint density at radius 1 is 1.35 bits per heavy atom. The van der Waals surface area contributed by atoms with Crippen molar-refractivity contribution < 1.29 is 12.9 Å². The van der Waals surface area contributed by atoms with Crippen LogP contribution in [0.2, 0.25) is 5.02 Å². The highest BCUT2D eigenvalue weighted by atomic mass is 35.5. The fourth-order valence-electron chi connectivity index (χ4n) is 1.67. The number of hydrogen-bond acceptors (Lipinski definition) is 4. The lowest BCUT2D eigenvalue weighted by Gasteiger charge is -2.11. The predicted molar refractivity (Wildman–Crippen MR) is 76.1 cm³/mol. The van der Waals surface area contributed by atoms with Gasteiger partial charge >= 0.3 is 0 Å². The number of hydrogen-bond donors (Lipinski definition) is 1. The summed E-state index contributed by atoms with van der Waals surface area (Å²) in [6.07, 6.45) is 0.712. The second-order valence-corrected chi connectivity index (χ2v) is 6.52. The zero-order valence-electron chi connectivity index (χ0n) is 11.1. The minimum atomic E-state index is -3.61. The molecule has 0 fully saturated rings. The van der Waals surface area contributed by atoms with Crippen LogP contribution >= 0.6 is 11.6 Å². The molecule has 1 aromatic carbocycles. The van der Waals surface area contributed by atoms with Crippen LogP contribution in [0.4, 0.5) is 0 Å². The molecule has 0 radical (unpaired) electrons. The molecule has 0 saturated heterocycles. The molecule has 0 aliphatic heterocycles. The highest BCUT2D eigenvalue weighted by Crippen LogP contribution is 2.18. The van der Waals surface area contributed by atoms with Gasteiger partial charge < -0.3 is 4.52 Å². The smallest absolute Gasteiger partial charge is 0.241 e. The maximum absolute atomic E-state index is 12.2. The molecule has 1 atom stereocenters. The lowest BCUT2D eigenvalue weighted by molar-refractivity contribution is 0.375. The molecule has 0 aliphatic rings. The van der Waals surface area contributed by atoms with Crippen LogP contribution in [0.1, 0.15) is 31.3 Å². The molecule has 7 heteroatoms. The summed E-state index contributed by atoms with van der Waals surface area (Å²) >= 11 is 5.74. The van der Waals surface area contributed by atoms with Crippen molar-refractivity contribution >= 4 is 21.6 Å². The molecule has 0 aliphatic carbocycles. The molecule has 2 rings (SSSR count). The van der Waals surface area contributed by atoms with E-state index in [2.05, 4.69) is 9.88 Å². The van der Waals surface area contributed by atoms with E-state index in [1.807, 2.05) is 6.92 Å². The van der Waals surface area contributed by atoms with Crippen molar-refractivity contribution in [1.29, 1.82) is 0 Å². The van der Waals surface area contributed by atoms with Crippen LogP contribution in [0.25, 0.3) is 0 Å². The van der Waals surface area contributed by atoms with Crippen LogP contribution in [-0.4, -0.2) is 13.6 Å². The highest BCUT2D eigenvalue weighted by Gasteiger charge is 2.20. The van der Waals surface area contributed by atoms with E-state index in [4.69, 9.17) is 16.1 Å². The quantitative estimate of drug-likeness (QED) is 0.921. The minimum absolute atomic E-state index is 0.160. The van der Waals surface area contributed by atoms with Crippen LogP contribution in [0.15, 0.2) is 39.8 Å². The van der Waals surface area contributed by atoms with Crippen molar-refractivity contribution in [3.63, 3.8) is 0 Å². The van der Waals surface area contributed by atoms with Crippen LogP contribution in [0.3, 0.4) is 0 Å². The summed E-state index contributed by atoms with van der Waals surface area (Å²) in [5, 5.41) is 4.34. The van der Waals surface area contributed by atoms with E-state index in [9.17, 15) is 8.42 Å². The topological polar surface area (TPSA) is 72.2 Å². The van der Waals surface area contributed by atoms with Gasteiger partial charge in [0.15, 0.2) is 0 Å². The van der Waals surface area contributed by atoms with Gasteiger partial charge in [0.25, 0.3) is 0 Å². The molecule has 0 bridgehead atoms. The first kappa shape index (κ1) is 15.0. The standard InChI is InChI=1S/C13H15ClN2O3S/c1-3-11-8-13(15-19-11)9(2)16-20(17,18)12-6-4-10(14)5-7-12/h4-9,16H,3H2,1-2H3. The molecule has 0 amide bonds. The molecule has 1 unspecified atom stereocenters. The van der Waals surface area contributed by atoms with Gasteiger partial charge in [-0.15, -0.1) is 0 Å². The monoisotopic (exact) mass is 314 g/mol. The molecule has 108 valence electrons. The second kappa shape index (κ2) is 5.95. The molecule has 20 heavy (non-hydrogen) atoms. The lowest BCUT2D eigenvalue weighted by atomic mass is 10.2. The number of halogens is 1. The molecule has 1 heterocycles. The number of benzene rings is 1. The third-order valence-corrected chi connectivity index (χ3v) is 4.63. The molecular formula is C13H15ClN2O3S. The van der Waals surface area contributed by atoms with Crippen molar-refractivity contribution in [2.24, 2.45) is 0 Å². The third kappa shape index (κ3) is 3.39. The van der Waals surface area contributed by atoms with Crippen molar-refractivity contribution in [3.05, 3.63) is 46.8 Å². The summed E-state index contributed by atoms with van der Waals surface area (Å²) in [6, 6.07) is 7.25. The average molecular weight is 315 g/mol. The zero-order chi connectivity index (χ0) is 14.8. The second-order valence-electron chi connectivity index (χ2n) is 4.37. The van der Waals surface area contributed by atoms with E-state index in [0.717, 1.165) is 5.76 Å². The normalized spacial score (nSPS) is 13.3. The Labute approximate surface area is 123 Å².